The molecule has 4 nitrogen and oxygen atoms in total. The first kappa shape index (κ1) is 18.0. The number of ketones is 1. The molecule has 0 bridgehead atoms. The highest BCUT2D eigenvalue weighted by molar-refractivity contribution is 6.32. The molecule has 2 aliphatic heterocycles. The largest absolute Gasteiger partial charge is 0.478 e. The van der Waals surface area contributed by atoms with E-state index in [-0.39, 0.29) is 11.5 Å². The van der Waals surface area contributed by atoms with Crippen LogP contribution in [0, 0.1) is 0 Å². The van der Waals surface area contributed by atoms with Crippen molar-refractivity contribution in [3.8, 4) is 11.5 Å². The predicted molar refractivity (Wildman–Crippen MR) is 112 cm³/mol. The summed E-state index contributed by atoms with van der Waals surface area (Å²) < 4.78 is 12.0. The molecule has 0 unspecified atom stereocenters. The normalized spacial score (nSPS) is 16.9. The van der Waals surface area contributed by atoms with Crippen LogP contribution in [0.25, 0.3) is 6.08 Å². The number of benzene rings is 3. The molecule has 3 aromatic carbocycles. The zero-order valence-electron chi connectivity index (χ0n) is 15.6. The van der Waals surface area contributed by atoms with E-state index in [0.29, 0.717) is 29.6 Å². The van der Waals surface area contributed by atoms with Crippen molar-refractivity contribution >= 4 is 23.5 Å². The molecule has 29 heavy (non-hydrogen) atoms. The van der Waals surface area contributed by atoms with Crippen molar-refractivity contribution in [3.05, 3.63) is 99.8 Å². The first-order valence-corrected chi connectivity index (χ1v) is 9.80. The van der Waals surface area contributed by atoms with Gasteiger partial charge >= 0.3 is 0 Å². The number of nitrogens with zero attached hydrogens (tertiary/aromatic N) is 1. The Balaban J connectivity index is 1.45. The van der Waals surface area contributed by atoms with Gasteiger partial charge in [-0.1, -0.05) is 60.1 Å². The third kappa shape index (κ3) is 3.41. The Labute approximate surface area is 173 Å². The lowest BCUT2D eigenvalue weighted by Gasteiger charge is -2.29. The Hall–Kier alpha value is -3.08. The lowest BCUT2D eigenvalue weighted by Crippen LogP contribution is -2.31. The summed E-state index contributed by atoms with van der Waals surface area (Å²) in [5.41, 5.74) is 3.43. The lowest BCUT2D eigenvalue weighted by molar-refractivity contribution is 0.0873. The molecule has 0 radical (unpaired) electrons. The molecule has 2 heterocycles. The highest BCUT2D eigenvalue weighted by Gasteiger charge is 2.33. The molecular weight excluding hydrogens is 386 g/mol. The number of hydrogen-bond donors (Lipinski definition) is 0. The molecule has 144 valence electrons. The standard InChI is InChI=1S/C24H18ClNO3/c25-20-9-5-4-8-17(20)12-22-23(27)18-10-11-21-19(24(18)29-22)14-26(15-28-21)13-16-6-2-1-3-7-16/h1-12H,13-15H2/b22-12-. The second-order valence-corrected chi connectivity index (χ2v) is 7.53. The fourth-order valence-corrected chi connectivity index (χ4v) is 3.87. The zero-order chi connectivity index (χ0) is 19.8. The molecule has 0 fully saturated rings. The van der Waals surface area contributed by atoms with E-state index in [1.807, 2.05) is 42.5 Å². The van der Waals surface area contributed by atoms with E-state index in [9.17, 15) is 4.79 Å². The van der Waals surface area contributed by atoms with E-state index in [4.69, 9.17) is 21.1 Å². The van der Waals surface area contributed by atoms with Gasteiger partial charge in [-0.05, 0) is 35.4 Å². The van der Waals surface area contributed by atoms with Gasteiger partial charge in [-0.2, -0.15) is 0 Å². The fourth-order valence-electron chi connectivity index (χ4n) is 3.68. The number of carbonyl (C=O) groups excluding carboxylic acids is 1. The Kier molecular flexibility index (Phi) is 4.58. The molecule has 5 rings (SSSR count). The van der Waals surface area contributed by atoms with Crippen LogP contribution in [0.3, 0.4) is 0 Å². The molecule has 3 aromatic rings. The van der Waals surface area contributed by atoms with Crippen LogP contribution in [0.1, 0.15) is 27.0 Å². The first-order valence-electron chi connectivity index (χ1n) is 9.43. The second-order valence-electron chi connectivity index (χ2n) is 7.13. The van der Waals surface area contributed by atoms with Crippen LogP contribution < -0.4 is 9.47 Å². The number of rotatable bonds is 3. The van der Waals surface area contributed by atoms with Gasteiger partial charge in [0.15, 0.2) is 5.76 Å². The third-order valence-electron chi connectivity index (χ3n) is 5.12. The summed E-state index contributed by atoms with van der Waals surface area (Å²) in [6.45, 7) is 1.91. The minimum Gasteiger partial charge on any atom is -0.478 e. The number of allylic oxidation sites excluding steroid dienone is 1. The van der Waals surface area contributed by atoms with Crippen LogP contribution in [-0.2, 0) is 13.1 Å². The van der Waals surface area contributed by atoms with Gasteiger partial charge in [-0.15, -0.1) is 0 Å². The van der Waals surface area contributed by atoms with Crippen molar-refractivity contribution in [2.45, 2.75) is 13.1 Å². The van der Waals surface area contributed by atoms with Crippen LogP contribution in [0.4, 0.5) is 0 Å². The van der Waals surface area contributed by atoms with E-state index in [0.717, 1.165) is 23.4 Å². The molecule has 0 aliphatic carbocycles. The maximum absolute atomic E-state index is 12.9. The Morgan fingerprint density at radius 2 is 1.79 bits per heavy atom. The maximum Gasteiger partial charge on any atom is 0.231 e. The van der Waals surface area contributed by atoms with Gasteiger partial charge in [0.1, 0.15) is 18.2 Å². The number of fused-ring (bicyclic) bond motifs is 3. The molecule has 0 saturated heterocycles. The molecule has 0 amide bonds. The number of carbonyl (C=O) groups is 1. The summed E-state index contributed by atoms with van der Waals surface area (Å²) in [6.07, 6.45) is 1.70. The second kappa shape index (κ2) is 7.39. The highest BCUT2D eigenvalue weighted by atomic mass is 35.5. The average Bonchev–Trinajstić information content (AvgIpc) is 3.06. The van der Waals surface area contributed by atoms with E-state index in [1.165, 1.54) is 5.56 Å². The summed E-state index contributed by atoms with van der Waals surface area (Å²) in [5, 5.41) is 0.576. The Bertz CT molecular complexity index is 1120. The van der Waals surface area contributed by atoms with Crippen molar-refractivity contribution < 1.29 is 14.3 Å². The summed E-state index contributed by atoms with van der Waals surface area (Å²) in [5.74, 6) is 1.49. The van der Waals surface area contributed by atoms with Crippen molar-refractivity contribution in [2.24, 2.45) is 0 Å². The molecule has 0 saturated carbocycles. The van der Waals surface area contributed by atoms with Gasteiger partial charge in [0.2, 0.25) is 5.78 Å². The van der Waals surface area contributed by atoms with Gasteiger partial charge < -0.3 is 9.47 Å². The van der Waals surface area contributed by atoms with Crippen molar-refractivity contribution in [2.75, 3.05) is 6.73 Å². The van der Waals surface area contributed by atoms with Gasteiger partial charge in [-0.25, -0.2) is 0 Å². The molecule has 2 aliphatic rings. The zero-order valence-corrected chi connectivity index (χ0v) is 16.4. The third-order valence-corrected chi connectivity index (χ3v) is 5.47. The number of halogens is 1. The topological polar surface area (TPSA) is 38.8 Å². The van der Waals surface area contributed by atoms with Gasteiger partial charge in [0.05, 0.1) is 11.1 Å². The van der Waals surface area contributed by atoms with E-state index < -0.39 is 0 Å². The van der Waals surface area contributed by atoms with Crippen molar-refractivity contribution in [1.29, 1.82) is 0 Å². The monoisotopic (exact) mass is 403 g/mol. The van der Waals surface area contributed by atoms with E-state index >= 15 is 0 Å². The number of Topliss-reactive ketones (excluding diaryl/α,β-unsaturated/α-hetero) is 1. The van der Waals surface area contributed by atoms with E-state index in [2.05, 4.69) is 17.0 Å². The summed E-state index contributed by atoms with van der Waals surface area (Å²) in [6, 6.07) is 21.2. The molecule has 0 N–H and O–H groups in total. The summed E-state index contributed by atoms with van der Waals surface area (Å²) in [4.78, 5) is 15.1. The van der Waals surface area contributed by atoms with E-state index in [1.54, 1.807) is 18.2 Å². The minimum absolute atomic E-state index is 0.136. The predicted octanol–water partition coefficient (Wildman–Crippen LogP) is 5.31. The number of ether oxygens (including phenoxy) is 2. The quantitative estimate of drug-likeness (QED) is 0.555. The van der Waals surface area contributed by atoms with Crippen LogP contribution in [0.2, 0.25) is 5.02 Å². The SMILES string of the molecule is O=C1/C(=C/c2ccccc2Cl)Oc2c1ccc1c2CN(Cc2ccccc2)CO1. The Morgan fingerprint density at radius 3 is 2.62 bits per heavy atom. The smallest absolute Gasteiger partial charge is 0.231 e. The van der Waals surface area contributed by atoms with Crippen LogP contribution >= 0.6 is 11.6 Å². The maximum atomic E-state index is 12.9. The summed E-state index contributed by atoms with van der Waals surface area (Å²) >= 11 is 6.24. The molecule has 0 spiro atoms. The van der Waals surface area contributed by atoms with Crippen molar-refractivity contribution in [3.63, 3.8) is 0 Å². The molecular formula is C24H18ClNO3. The molecule has 0 aromatic heterocycles. The summed E-state index contributed by atoms with van der Waals surface area (Å²) in [7, 11) is 0. The van der Waals surface area contributed by atoms with Gasteiger partial charge in [0, 0.05) is 18.1 Å². The average molecular weight is 404 g/mol. The van der Waals surface area contributed by atoms with Gasteiger partial charge in [0.25, 0.3) is 0 Å². The van der Waals surface area contributed by atoms with Crippen LogP contribution in [0.5, 0.6) is 11.5 Å². The van der Waals surface area contributed by atoms with Crippen molar-refractivity contribution in [1.82, 2.24) is 4.90 Å². The Morgan fingerprint density at radius 1 is 1.00 bits per heavy atom. The highest BCUT2D eigenvalue weighted by Crippen LogP contribution is 2.42. The van der Waals surface area contributed by atoms with Crippen LogP contribution in [0.15, 0.2) is 72.5 Å². The molecule has 0 atom stereocenters. The fraction of sp³-hybridized carbons (Fsp3) is 0.125. The minimum atomic E-state index is -0.136. The number of hydrogen-bond acceptors (Lipinski definition) is 4. The lowest BCUT2D eigenvalue weighted by atomic mass is 10.0. The molecule has 5 heteroatoms. The van der Waals surface area contributed by atoms with Gasteiger partial charge in [-0.3, -0.25) is 9.69 Å². The first-order chi connectivity index (χ1) is 14.2. The van der Waals surface area contributed by atoms with Crippen LogP contribution in [-0.4, -0.2) is 17.4 Å².